The predicted molar refractivity (Wildman–Crippen MR) is 107 cm³/mol. The highest BCUT2D eigenvalue weighted by atomic mass is 16.7. The number of ether oxygens (including phenoxy) is 2. The van der Waals surface area contributed by atoms with Crippen molar-refractivity contribution in [3.05, 3.63) is 47.4 Å². The van der Waals surface area contributed by atoms with Crippen molar-refractivity contribution in [1.82, 2.24) is 20.4 Å². The number of amides is 1. The molecule has 11 nitrogen and oxygen atoms in total. The molecule has 2 aliphatic heterocycles. The van der Waals surface area contributed by atoms with Crippen molar-refractivity contribution in [3.8, 4) is 23.0 Å². The maximum atomic E-state index is 12.4. The largest absolute Gasteiger partial charge is 0.483 e. The Labute approximate surface area is 176 Å². The highest BCUT2D eigenvalue weighted by molar-refractivity contribution is 5.92. The van der Waals surface area contributed by atoms with Gasteiger partial charge in [0, 0.05) is 19.2 Å². The Kier molecular flexibility index (Phi) is 5.65. The van der Waals surface area contributed by atoms with Crippen LogP contribution in [0.4, 0.5) is 5.82 Å². The van der Waals surface area contributed by atoms with Crippen LogP contribution in [0, 0.1) is 0 Å². The lowest BCUT2D eigenvalue weighted by Gasteiger charge is -2.11. The number of aromatic nitrogens is 3. The fourth-order valence-electron chi connectivity index (χ4n) is 3.25. The molecule has 1 aromatic carbocycles. The molecular weight excluding hydrogens is 406 g/mol. The number of fused-ring (bicyclic) bond motifs is 2. The van der Waals surface area contributed by atoms with E-state index in [1.807, 2.05) is 24.1 Å². The molecule has 4 heterocycles. The normalized spacial score (nSPS) is 13.3. The topological polar surface area (TPSA) is 140 Å². The number of hydrogen-bond donors (Lipinski definition) is 2. The van der Waals surface area contributed by atoms with Crippen molar-refractivity contribution >= 4 is 18.2 Å². The van der Waals surface area contributed by atoms with Gasteiger partial charge >= 0.3 is 0 Å². The number of nitrogens with one attached hydrogen (secondary N) is 1. The molecule has 2 aliphatic rings. The Hall–Kier alpha value is -4.15. The molecule has 11 heteroatoms. The third kappa shape index (κ3) is 4.25. The van der Waals surface area contributed by atoms with Gasteiger partial charge in [0.2, 0.25) is 6.79 Å². The SMILES string of the molecule is CN1CCc2ccc(C(=O)NCc3noc(-c4ccc5c(c4)OCO5)n3)nc21.O=CO. The third-order valence-electron chi connectivity index (χ3n) is 4.76. The summed E-state index contributed by atoms with van der Waals surface area (Å²) in [7, 11) is 1.97. The smallest absolute Gasteiger partial charge is 0.290 e. The fourth-order valence-corrected chi connectivity index (χ4v) is 3.25. The van der Waals surface area contributed by atoms with Crippen LogP contribution in [0.15, 0.2) is 34.9 Å². The van der Waals surface area contributed by atoms with Crippen LogP contribution in [0.25, 0.3) is 11.5 Å². The summed E-state index contributed by atoms with van der Waals surface area (Å²) in [6.45, 7) is 1.01. The van der Waals surface area contributed by atoms with Crippen molar-refractivity contribution in [2.45, 2.75) is 13.0 Å². The van der Waals surface area contributed by atoms with Crippen LogP contribution >= 0.6 is 0 Å². The Bertz CT molecular complexity index is 1120. The minimum absolute atomic E-state index is 0.140. The molecule has 0 fully saturated rings. The summed E-state index contributed by atoms with van der Waals surface area (Å²) in [4.78, 5) is 31.6. The first-order chi connectivity index (χ1) is 15.1. The number of nitrogens with zero attached hydrogens (tertiary/aromatic N) is 4. The monoisotopic (exact) mass is 425 g/mol. The molecule has 2 aromatic heterocycles. The lowest BCUT2D eigenvalue weighted by atomic mass is 10.2. The van der Waals surface area contributed by atoms with E-state index < -0.39 is 0 Å². The zero-order chi connectivity index (χ0) is 21.8. The van der Waals surface area contributed by atoms with Gasteiger partial charge in [-0.2, -0.15) is 4.98 Å². The number of likely N-dealkylation sites (N-methyl/N-ethyl adjacent to an activating group) is 1. The Morgan fingerprint density at radius 1 is 1.23 bits per heavy atom. The summed E-state index contributed by atoms with van der Waals surface area (Å²) in [5.41, 5.74) is 2.25. The van der Waals surface area contributed by atoms with Crippen LogP contribution in [-0.4, -0.2) is 53.0 Å². The van der Waals surface area contributed by atoms with Gasteiger partial charge in [0.1, 0.15) is 11.5 Å². The minimum Gasteiger partial charge on any atom is -0.483 e. The first-order valence-corrected chi connectivity index (χ1v) is 9.38. The number of carbonyl (C=O) groups excluding carboxylic acids is 1. The molecule has 2 N–H and O–H groups in total. The van der Waals surface area contributed by atoms with E-state index in [0.717, 1.165) is 29.9 Å². The second-order valence-electron chi connectivity index (χ2n) is 6.72. The Morgan fingerprint density at radius 2 is 2.03 bits per heavy atom. The molecule has 0 bridgehead atoms. The standard InChI is InChI=1S/C19H17N5O4.CH2O2/c1-24-7-6-11-2-4-13(21-17(11)24)18(25)20-9-16-22-19(28-23-16)12-3-5-14-15(8-12)27-10-26-14;2-1-3/h2-5,8H,6-7,9-10H2,1H3,(H,20,25);1H,(H,2,3). The molecule has 3 aromatic rings. The van der Waals surface area contributed by atoms with E-state index in [-0.39, 0.29) is 25.7 Å². The number of benzene rings is 1. The second kappa shape index (κ2) is 8.69. The van der Waals surface area contributed by atoms with Crippen LogP contribution < -0.4 is 19.7 Å². The number of hydrogen-bond acceptors (Lipinski definition) is 9. The maximum Gasteiger partial charge on any atom is 0.290 e. The maximum absolute atomic E-state index is 12.4. The van der Waals surface area contributed by atoms with E-state index >= 15 is 0 Å². The predicted octanol–water partition coefficient (Wildman–Crippen LogP) is 1.48. The zero-order valence-corrected chi connectivity index (χ0v) is 16.6. The molecule has 1 amide bonds. The van der Waals surface area contributed by atoms with Gasteiger partial charge < -0.3 is 29.3 Å². The first kappa shape index (κ1) is 20.1. The van der Waals surface area contributed by atoms with Crippen molar-refractivity contribution < 1.29 is 28.7 Å². The summed E-state index contributed by atoms with van der Waals surface area (Å²) < 4.78 is 15.9. The molecular formula is C20H19N5O6. The van der Waals surface area contributed by atoms with Crippen molar-refractivity contribution in [2.24, 2.45) is 0 Å². The average molecular weight is 425 g/mol. The fraction of sp³-hybridized carbons (Fsp3) is 0.250. The molecule has 0 aliphatic carbocycles. The third-order valence-corrected chi connectivity index (χ3v) is 4.76. The van der Waals surface area contributed by atoms with Crippen LogP contribution in [-0.2, 0) is 17.8 Å². The minimum atomic E-state index is -0.280. The van der Waals surface area contributed by atoms with Crippen molar-refractivity contribution in [1.29, 1.82) is 0 Å². The number of carbonyl (C=O) groups is 2. The molecule has 0 spiro atoms. The molecule has 5 rings (SSSR count). The van der Waals surface area contributed by atoms with E-state index in [4.69, 9.17) is 23.9 Å². The van der Waals surface area contributed by atoms with Crippen molar-refractivity contribution in [3.63, 3.8) is 0 Å². The highest BCUT2D eigenvalue weighted by Crippen LogP contribution is 2.35. The van der Waals surface area contributed by atoms with Gasteiger partial charge in [-0.25, -0.2) is 4.98 Å². The summed E-state index contributed by atoms with van der Waals surface area (Å²) in [6, 6.07) is 9.08. The van der Waals surface area contributed by atoms with Gasteiger partial charge in [-0.05, 0) is 36.2 Å². The van der Waals surface area contributed by atoms with Gasteiger partial charge in [0.05, 0.1) is 6.54 Å². The summed E-state index contributed by atoms with van der Waals surface area (Å²) in [6.07, 6.45) is 0.951. The first-order valence-electron chi connectivity index (χ1n) is 9.38. The Morgan fingerprint density at radius 3 is 2.87 bits per heavy atom. The molecule has 0 unspecified atom stereocenters. The number of rotatable bonds is 4. The lowest BCUT2D eigenvalue weighted by Crippen LogP contribution is -2.25. The average Bonchev–Trinajstić information content (AvgIpc) is 3.52. The van der Waals surface area contributed by atoms with Gasteiger partial charge in [-0.3, -0.25) is 9.59 Å². The van der Waals surface area contributed by atoms with Crippen LogP contribution in [0.1, 0.15) is 21.9 Å². The number of carboxylic acid groups (broad SMARTS) is 1. The molecule has 0 atom stereocenters. The van der Waals surface area contributed by atoms with Gasteiger partial charge in [-0.15, -0.1) is 0 Å². The van der Waals surface area contributed by atoms with Gasteiger partial charge in [-0.1, -0.05) is 11.2 Å². The molecule has 160 valence electrons. The molecule has 31 heavy (non-hydrogen) atoms. The number of anilines is 1. The van der Waals surface area contributed by atoms with Gasteiger partial charge in [0.25, 0.3) is 18.3 Å². The zero-order valence-electron chi connectivity index (χ0n) is 16.6. The highest BCUT2D eigenvalue weighted by Gasteiger charge is 2.20. The Balaban J connectivity index is 0.000000730. The van der Waals surface area contributed by atoms with E-state index in [1.54, 1.807) is 18.2 Å². The van der Waals surface area contributed by atoms with Gasteiger partial charge in [0.15, 0.2) is 17.3 Å². The van der Waals surface area contributed by atoms with Crippen molar-refractivity contribution in [2.75, 3.05) is 25.3 Å². The van der Waals surface area contributed by atoms with Crippen LogP contribution in [0.5, 0.6) is 11.5 Å². The summed E-state index contributed by atoms with van der Waals surface area (Å²) in [5.74, 6) is 2.62. The lowest BCUT2D eigenvalue weighted by molar-refractivity contribution is -0.122. The van der Waals surface area contributed by atoms with E-state index in [1.165, 1.54) is 0 Å². The molecule has 0 saturated carbocycles. The number of pyridine rings is 1. The molecule has 0 radical (unpaired) electrons. The van der Waals surface area contributed by atoms with E-state index in [0.29, 0.717) is 28.9 Å². The molecule has 0 saturated heterocycles. The summed E-state index contributed by atoms with van der Waals surface area (Å²) >= 11 is 0. The second-order valence-corrected chi connectivity index (χ2v) is 6.72. The van der Waals surface area contributed by atoms with Crippen LogP contribution in [0.3, 0.4) is 0 Å². The van der Waals surface area contributed by atoms with E-state index in [9.17, 15) is 4.79 Å². The quantitative estimate of drug-likeness (QED) is 0.591. The summed E-state index contributed by atoms with van der Waals surface area (Å²) in [5, 5.41) is 13.6. The van der Waals surface area contributed by atoms with Crippen LogP contribution in [0.2, 0.25) is 0 Å². The van der Waals surface area contributed by atoms with E-state index in [2.05, 4.69) is 20.4 Å².